The number of nitrogens with zero attached hydrogens (tertiary/aromatic N) is 5. The molecule has 4 rings (SSSR count). The molecule has 0 aliphatic heterocycles. The lowest BCUT2D eigenvalue weighted by molar-refractivity contribution is 0.102. The highest BCUT2D eigenvalue weighted by molar-refractivity contribution is 6.12. The first-order chi connectivity index (χ1) is 16.4. The van der Waals surface area contributed by atoms with Crippen molar-refractivity contribution in [1.29, 1.82) is 5.26 Å². The van der Waals surface area contributed by atoms with Crippen molar-refractivity contribution in [2.45, 2.75) is 46.6 Å². The van der Waals surface area contributed by atoms with Gasteiger partial charge in [0.2, 0.25) is 0 Å². The Balaban J connectivity index is 1.74. The van der Waals surface area contributed by atoms with Crippen molar-refractivity contribution < 1.29 is 13.9 Å². The van der Waals surface area contributed by atoms with Gasteiger partial charge in [-0.25, -0.2) is 14.6 Å². The molecule has 4 aromatic rings. The molecule has 0 aliphatic rings. The lowest BCUT2D eigenvalue weighted by Gasteiger charge is -2.13. The van der Waals surface area contributed by atoms with Gasteiger partial charge in [0.15, 0.2) is 17.2 Å². The zero-order chi connectivity index (χ0) is 24.2. The minimum absolute atomic E-state index is 0.0625. The molecular weight excluding hydrogens is 432 g/mol. The monoisotopic (exact) mass is 458 g/mol. The zero-order valence-corrected chi connectivity index (χ0v) is 19.6. The fourth-order valence-electron chi connectivity index (χ4n) is 3.72. The molecule has 174 valence electrons. The predicted molar refractivity (Wildman–Crippen MR) is 128 cm³/mol. The Labute approximate surface area is 197 Å². The van der Waals surface area contributed by atoms with Crippen LogP contribution in [0.5, 0.6) is 5.75 Å². The molecule has 0 radical (unpaired) electrons. The summed E-state index contributed by atoms with van der Waals surface area (Å²) in [7, 11) is 0. The minimum atomic E-state index is -0.351. The van der Waals surface area contributed by atoms with E-state index in [2.05, 4.69) is 21.5 Å². The molecule has 0 saturated carbocycles. The molecule has 1 amide bonds. The summed E-state index contributed by atoms with van der Waals surface area (Å²) in [6.07, 6.45) is 4.23. The van der Waals surface area contributed by atoms with E-state index < -0.39 is 0 Å². The third-order valence-corrected chi connectivity index (χ3v) is 5.31. The summed E-state index contributed by atoms with van der Waals surface area (Å²) in [5.41, 5.74) is 2.49. The number of aromatic nitrogens is 4. The van der Waals surface area contributed by atoms with Crippen LogP contribution in [0.3, 0.4) is 0 Å². The Morgan fingerprint density at radius 1 is 1.32 bits per heavy atom. The maximum atomic E-state index is 13.5. The number of nitrogens with one attached hydrogen (secondary N) is 1. The molecule has 0 spiro atoms. The van der Waals surface area contributed by atoms with Gasteiger partial charge in [0.1, 0.15) is 11.5 Å². The number of rotatable bonds is 8. The average Bonchev–Trinajstić information content (AvgIpc) is 3.39. The summed E-state index contributed by atoms with van der Waals surface area (Å²) in [6, 6.07) is 9.27. The number of aryl methyl sites for hydroxylation is 2. The number of pyridine rings is 2. The third-order valence-electron chi connectivity index (χ3n) is 5.31. The number of carbonyl (C=O) groups excluding carboxylic acids is 1. The van der Waals surface area contributed by atoms with Gasteiger partial charge in [0, 0.05) is 24.2 Å². The van der Waals surface area contributed by atoms with Crippen LogP contribution in [0.25, 0.3) is 22.3 Å². The second kappa shape index (κ2) is 9.75. The zero-order valence-electron chi connectivity index (χ0n) is 19.6. The van der Waals surface area contributed by atoms with Gasteiger partial charge in [-0.2, -0.15) is 10.4 Å². The third kappa shape index (κ3) is 4.62. The summed E-state index contributed by atoms with van der Waals surface area (Å²) in [6.45, 7) is 8.12. The van der Waals surface area contributed by atoms with Crippen LogP contribution in [0.15, 0.2) is 41.1 Å². The van der Waals surface area contributed by atoms with Crippen molar-refractivity contribution >= 4 is 22.8 Å². The van der Waals surface area contributed by atoms with E-state index in [-0.39, 0.29) is 11.9 Å². The number of fused-ring (bicyclic) bond motifs is 1. The first kappa shape index (κ1) is 23.0. The molecule has 0 bridgehead atoms. The van der Waals surface area contributed by atoms with E-state index in [0.29, 0.717) is 53.3 Å². The van der Waals surface area contributed by atoms with Gasteiger partial charge in [-0.3, -0.25) is 4.79 Å². The van der Waals surface area contributed by atoms with Crippen LogP contribution in [0.2, 0.25) is 0 Å². The van der Waals surface area contributed by atoms with Gasteiger partial charge in [-0.15, -0.1) is 0 Å². The summed E-state index contributed by atoms with van der Waals surface area (Å²) in [4.78, 5) is 22.6. The van der Waals surface area contributed by atoms with Gasteiger partial charge in [-0.1, -0.05) is 0 Å². The number of carbonyl (C=O) groups is 1. The fourth-order valence-corrected chi connectivity index (χ4v) is 3.72. The number of anilines is 1. The molecule has 0 aromatic carbocycles. The SMILES string of the molecule is Cc1cc(-c2cc(C(=O)Nc3ncccc3OCCCC#N)c3cnn(C(C)C)c3n2)c(C)o1. The van der Waals surface area contributed by atoms with E-state index in [1.54, 1.807) is 35.3 Å². The first-order valence-corrected chi connectivity index (χ1v) is 11.1. The molecule has 1 N–H and O–H groups in total. The lowest BCUT2D eigenvalue weighted by Crippen LogP contribution is -2.15. The molecule has 9 nitrogen and oxygen atoms in total. The molecule has 9 heteroatoms. The second-order valence-corrected chi connectivity index (χ2v) is 8.22. The standard InChI is InChI=1S/C25H26N6O3/c1-15(2)31-24-20(14-28-31)19(13-21(29-24)18-12-16(3)34-17(18)4)25(32)30-23-22(8-7-10-27-23)33-11-6-5-9-26/h7-8,10,12-15H,5-6,11H2,1-4H3,(H,27,30,32). The minimum Gasteiger partial charge on any atom is -0.490 e. The molecule has 4 heterocycles. The maximum absolute atomic E-state index is 13.5. The average molecular weight is 459 g/mol. The maximum Gasteiger partial charge on any atom is 0.257 e. The van der Waals surface area contributed by atoms with Gasteiger partial charge >= 0.3 is 0 Å². The fraction of sp³-hybridized carbons (Fsp3) is 0.320. The highest BCUT2D eigenvalue weighted by Crippen LogP contribution is 2.31. The van der Waals surface area contributed by atoms with Gasteiger partial charge in [-0.05, 0) is 58.4 Å². The number of hydrogen-bond donors (Lipinski definition) is 1. The molecule has 0 saturated heterocycles. The van der Waals surface area contributed by atoms with Crippen LogP contribution in [0.1, 0.15) is 54.6 Å². The van der Waals surface area contributed by atoms with Crippen LogP contribution in [-0.2, 0) is 0 Å². The van der Waals surface area contributed by atoms with Gasteiger partial charge < -0.3 is 14.5 Å². The van der Waals surface area contributed by atoms with E-state index in [4.69, 9.17) is 19.4 Å². The number of amides is 1. The van der Waals surface area contributed by atoms with Crippen LogP contribution in [0, 0.1) is 25.2 Å². The summed E-state index contributed by atoms with van der Waals surface area (Å²) < 4.78 is 13.2. The number of hydrogen-bond acceptors (Lipinski definition) is 7. The van der Waals surface area contributed by atoms with Crippen LogP contribution in [-0.4, -0.2) is 32.3 Å². The molecule has 0 fully saturated rings. The molecule has 0 unspecified atom stereocenters. The van der Waals surface area contributed by atoms with Crippen molar-refractivity contribution in [3.8, 4) is 23.1 Å². The van der Waals surface area contributed by atoms with Crippen molar-refractivity contribution in [2.75, 3.05) is 11.9 Å². The number of furan rings is 1. The largest absolute Gasteiger partial charge is 0.490 e. The van der Waals surface area contributed by atoms with Crippen LogP contribution >= 0.6 is 0 Å². The van der Waals surface area contributed by atoms with Crippen molar-refractivity contribution in [2.24, 2.45) is 0 Å². The molecule has 34 heavy (non-hydrogen) atoms. The number of unbranched alkanes of at least 4 members (excludes halogenated alkanes) is 1. The summed E-state index contributed by atoms with van der Waals surface area (Å²) in [5, 5.41) is 16.7. The van der Waals surface area contributed by atoms with E-state index in [9.17, 15) is 4.79 Å². The van der Waals surface area contributed by atoms with Crippen LogP contribution < -0.4 is 10.1 Å². The second-order valence-electron chi connectivity index (χ2n) is 8.22. The van der Waals surface area contributed by atoms with Gasteiger partial charge in [0.25, 0.3) is 5.91 Å². The highest BCUT2D eigenvalue weighted by Gasteiger charge is 2.21. The Hall–Kier alpha value is -4.19. The van der Waals surface area contributed by atoms with E-state index in [0.717, 1.165) is 17.1 Å². The first-order valence-electron chi connectivity index (χ1n) is 11.1. The van der Waals surface area contributed by atoms with Crippen molar-refractivity contribution in [3.63, 3.8) is 0 Å². The lowest BCUT2D eigenvalue weighted by atomic mass is 10.1. The smallest absolute Gasteiger partial charge is 0.257 e. The Morgan fingerprint density at radius 3 is 2.85 bits per heavy atom. The predicted octanol–water partition coefficient (Wildman–Crippen LogP) is 5.22. The Morgan fingerprint density at radius 2 is 2.15 bits per heavy atom. The Bertz CT molecular complexity index is 1380. The number of ether oxygens (including phenoxy) is 1. The molecular formula is C25H26N6O3. The van der Waals surface area contributed by atoms with E-state index in [1.165, 1.54) is 0 Å². The number of nitriles is 1. The molecule has 0 atom stereocenters. The summed E-state index contributed by atoms with van der Waals surface area (Å²) >= 11 is 0. The molecule has 4 aromatic heterocycles. The Kier molecular flexibility index (Phi) is 6.59. The van der Waals surface area contributed by atoms with E-state index >= 15 is 0 Å². The highest BCUT2D eigenvalue weighted by atomic mass is 16.5. The van der Waals surface area contributed by atoms with Gasteiger partial charge in [0.05, 0.1) is 35.5 Å². The van der Waals surface area contributed by atoms with Crippen molar-refractivity contribution in [1.82, 2.24) is 19.7 Å². The normalized spacial score (nSPS) is 11.1. The summed E-state index contributed by atoms with van der Waals surface area (Å²) in [5.74, 6) is 1.89. The van der Waals surface area contributed by atoms with Crippen LogP contribution in [0.4, 0.5) is 5.82 Å². The quantitative estimate of drug-likeness (QED) is 0.360. The topological polar surface area (TPSA) is 119 Å². The van der Waals surface area contributed by atoms with Crippen molar-refractivity contribution in [3.05, 3.63) is 53.7 Å². The van der Waals surface area contributed by atoms with E-state index in [1.807, 2.05) is 33.8 Å². The molecule has 0 aliphatic carbocycles.